The first-order chi connectivity index (χ1) is 14.7. The Morgan fingerprint density at radius 1 is 1.10 bits per heavy atom. The van der Waals surface area contributed by atoms with E-state index in [0.717, 1.165) is 25.0 Å². The number of amides is 1. The maximum atomic E-state index is 13.2. The molecule has 0 fully saturated rings. The lowest BCUT2D eigenvalue weighted by atomic mass is 10.1. The SMILES string of the molecule is CCN(CC)c1ccc(CN(CCOC)C(=O)c2ccccc2Cl)c(OS(C)(=O)=O)c1. The Bertz CT molecular complexity index is 993. The Labute approximate surface area is 189 Å². The third-order valence-electron chi connectivity index (χ3n) is 4.74. The summed E-state index contributed by atoms with van der Waals surface area (Å²) < 4.78 is 34.2. The fraction of sp³-hybridized carbons (Fsp3) is 0.409. The molecule has 0 heterocycles. The zero-order valence-electron chi connectivity index (χ0n) is 18.3. The first kappa shape index (κ1) is 25.0. The van der Waals surface area contributed by atoms with Crippen molar-refractivity contribution in [3.05, 3.63) is 58.6 Å². The number of hydrogen-bond acceptors (Lipinski definition) is 6. The second kappa shape index (κ2) is 11.4. The molecule has 0 saturated heterocycles. The molecule has 0 unspecified atom stereocenters. The van der Waals surface area contributed by atoms with Gasteiger partial charge in [0.15, 0.2) is 0 Å². The second-order valence-corrected chi connectivity index (χ2v) is 8.93. The molecule has 1 amide bonds. The first-order valence-electron chi connectivity index (χ1n) is 10.00. The summed E-state index contributed by atoms with van der Waals surface area (Å²) in [5.74, 6) is -0.0814. The number of carbonyl (C=O) groups excluding carboxylic acids is 1. The number of nitrogens with zero attached hydrogens (tertiary/aromatic N) is 2. The highest BCUT2D eigenvalue weighted by atomic mass is 35.5. The van der Waals surface area contributed by atoms with Gasteiger partial charge in [-0.15, -0.1) is 0 Å². The fourth-order valence-corrected chi connectivity index (χ4v) is 3.86. The third kappa shape index (κ3) is 7.12. The topological polar surface area (TPSA) is 76.2 Å². The van der Waals surface area contributed by atoms with E-state index in [1.54, 1.807) is 48.4 Å². The van der Waals surface area contributed by atoms with E-state index in [9.17, 15) is 13.2 Å². The summed E-state index contributed by atoms with van der Waals surface area (Å²) >= 11 is 6.22. The summed E-state index contributed by atoms with van der Waals surface area (Å²) in [5, 5.41) is 0.347. The number of methoxy groups -OCH3 is 1. The summed E-state index contributed by atoms with van der Waals surface area (Å²) in [6.45, 7) is 6.31. The van der Waals surface area contributed by atoms with Crippen LogP contribution in [0, 0.1) is 0 Å². The number of halogens is 1. The Balaban J connectivity index is 2.44. The Morgan fingerprint density at radius 2 is 1.77 bits per heavy atom. The molecule has 0 saturated carbocycles. The molecule has 2 rings (SSSR count). The van der Waals surface area contributed by atoms with Crippen LogP contribution in [-0.4, -0.2) is 58.8 Å². The summed E-state index contributed by atoms with van der Waals surface area (Å²) in [5.41, 5.74) is 1.77. The predicted octanol–water partition coefficient (Wildman–Crippen LogP) is 3.81. The summed E-state index contributed by atoms with van der Waals surface area (Å²) in [6, 6.07) is 12.2. The minimum Gasteiger partial charge on any atom is -0.383 e. The van der Waals surface area contributed by atoms with E-state index in [1.165, 1.54) is 0 Å². The molecule has 0 aromatic heterocycles. The molecule has 0 aliphatic carbocycles. The third-order valence-corrected chi connectivity index (χ3v) is 5.55. The number of ether oxygens (including phenoxy) is 1. The molecule has 0 radical (unpaired) electrons. The van der Waals surface area contributed by atoms with Crippen LogP contribution in [-0.2, 0) is 21.4 Å². The van der Waals surface area contributed by atoms with Crippen molar-refractivity contribution < 1.29 is 22.1 Å². The van der Waals surface area contributed by atoms with Crippen LogP contribution in [0.5, 0.6) is 5.75 Å². The van der Waals surface area contributed by atoms with Crippen LogP contribution < -0.4 is 9.08 Å². The van der Waals surface area contributed by atoms with Gasteiger partial charge in [-0.3, -0.25) is 4.79 Å². The molecule has 0 spiro atoms. The van der Waals surface area contributed by atoms with Gasteiger partial charge in [-0.25, -0.2) is 0 Å². The van der Waals surface area contributed by atoms with Crippen molar-refractivity contribution >= 4 is 33.3 Å². The standard InChI is InChI=1S/C22H29ClN2O5S/c1-5-24(6-2)18-12-11-17(21(15-18)30-31(4,27)28)16-25(13-14-29-3)22(26)19-9-7-8-10-20(19)23/h7-12,15H,5-6,13-14,16H2,1-4H3. The molecular weight excluding hydrogens is 440 g/mol. The van der Waals surface area contributed by atoms with Gasteiger partial charge in [-0.05, 0) is 32.0 Å². The van der Waals surface area contributed by atoms with Crippen LogP contribution in [0.3, 0.4) is 0 Å². The van der Waals surface area contributed by atoms with Gasteiger partial charge in [0, 0.05) is 50.6 Å². The quantitative estimate of drug-likeness (QED) is 0.467. The van der Waals surface area contributed by atoms with E-state index < -0.39 is 10.1 Å². The molecule has 2 aromatic carbocycles. The second-order valence-electron chi connectivity index (χ2n) is 6.95. The lowest BCUT2D eigenvalue weighted by Gasteiger charge is -2.26. The van der Waals surface area contributed by atoms with Crippen molar-refractivity contribution in [3.8, 4) is 5.75 Å². The molecule has 2 aromatic rings. The minimum absolute atomic E-state index is 0.136. The highest BCUT2D eigenvalue weighted by molar-refractivity contribution is 7.86. The molecule has 9 heteroatoms. The Hall–Kier alpha value is -2.29. The van der Waals surface area contributed by atoms with Crippen LogP contribution in [0.1, 0.15) is 29.8 Å². The van der Waals surface area contributed by atoms with Gasteiger partial charge in [0.1, 0.15) is 5.75 Å². The predicted molar refractivity (Wildman–Crippen MR) is 124 cm³/mol. The van der Waals surface area contributed by atoms with Crippen molar-refractivity contribution in [2.45, 2.75) is 20.4 Å². The molecule has 0 bridgehead atoms. The molecular formula is C22H29ClN2O5S. The van der Waals surface area contributed by atoms with E-state index in [0.29, 0.717) is 29.3 Å². The number of benzene rings is 2. The smallest absolute Gasteiger partial charge is 0.306 e. The van der Waals surface area contributed by atoms with Gasteiger partial charge in [-0.1, -0.05) is 29.8 Å². The average molecular weight is 469 g/mol. The first-order valence-corrected chi connectivity index (χ1v) is 12.2. The van der Waals surface area contributed by atoms with Crippen molar-refractivity contribution in [1.82, 2.24) is 4.90 Å². The van der Waals surface area contributed by atoms with Crippen LogP contribution in [0.25, 0.3) is 0 Å². The zero-order valence-corrected chi connectivity index (χ0v) is 19.9. The number of hydrogen-bond donors (Lipinski definition) is 0. The lowest BCUT2D eigenvalue weighted by Crippen LogP contribution is -2.34. The van der Waals surface area contributed by atoms with Gasteiger partial charge in [0.05, 0.1) is 23.4 Å². The molecule has 0 aliphatic rings. The largest absolute Gasteiger partial charge is 0.383 e. The fourth-order valence-electron chi connectivity index (χ4n) is 3.16. The van der Waals surface area contributed by atoms with Gasteiger partial charge in [0.25, 0.3) is 5.91 Å². The van der Waals surface area contributed by atoms with Gasteiger partial charge >= 0.3 is 10.1 Å². The van der Waals surface area contributed by atoms with E-state index in [2.05, 4.69) is 4.90 Å². The van der Waals surface area contributed by atoms with Crippen molar-refractivity contribution in [1.29, 1.82) is 0 Å². The van der Waals surface area contributed by atoms with E-state index in [-0.39, 0.29) is 18.2 Å². The van der Waals surface area contributed by atoms with Crippen LogP contribution in [0.2, 0.25) is 5.02 Å². The molecule has 0 aliphatic heterocycles. The maximum absolute atomic E-state index is 13.2. The van der Waals surface area contributed by atoms with Gasteiger partial charge in [0.2, 0.25) is 0 Å². The average Bonchev–Trinajstić information content (AvgIpc) is 2.72. The molecule has 0 N–H and O–H groups in total. The molecule has 170 valence electrons. The van der Waals surface area contributed by atoms with Crippen molar-refractivity contribution in [2.24, 2.45) is 0 Å². The Morgan fingerprint density at radius 3 is 2.35 bits per heavy atom. The van der Waals surface area contributed by atoms with Crippen LogP contribution in [0.4, 0.5) is 5.69 Å². The van der Waals surface area contributed by atoms with E-state index >= 15 is 0 Å². The Kier molecular flexibility index (Phi) is 9.15. The van der Waals surface area contributed by atoms with Crippen LogP contribution in [0.15, 0.2) is 42.5 Å². The van der Waals surface area contributed by atoms with Gasteiger partial charge < -0.3 is 18.7 Å². The highest BCUT2D eigenvalue weighted by Crippen LogP contribution is 2.29. The van der Waals surface area contributed by atoms with E-state index in [1.807, 2.05) is 19.9 Å². The molecule has 31 heavy (non-hydrogen) atoms. The monoisotopic (exact) mass is 468 g/mol. The number of carbonyl (C=O) groups is 1. The number of rotatable bonds is 11. The van der Waals surface area contributed by atoms with Crippen LogP contribution >= 0.6 is 11.6 Å². The summed E-state index contributed by atoms with van der Waals surface area (Å²) in [4.78, 5) is 16.8. The molecule has 0 atom stereocenters. The highest BCUT2D eigenvalue weighted by Gasteiger charge is 2.21. The maximum Gasteiger partial charge on any atom is 0.306 e. The molecule has 7 nitrogen and oxygen atoms in total. The lowest BCUT2D eigenvalue weighted by molar-refractivity contribution is 0.0680. The van der Waals surface area contributed by atoms with Gasteiger partial charge in [-0.2, -0.15) is 8.42 Å². The number of anilines is 1. The van der Waals surface area contributed by atoms with E-state index in [4.69, 9.17) is 20.5 Å². The van der Waals surface area contributed by atoms with Crippen molar-refractivity contribution in [2.75, 3.05) is 44.5 Å². The normalized spacial score (nSPS) is 11.3. The summed E-state index contributed by atoms with van der Waals surface area (Å²) in [6.07, 6.45) is 0.998. The van der Waals surface area contributed by atoms with Crippen molar-refractivity contribution in [3.63, 3.8) is 0 Å². The zero-order chi connectivity index (χ0) is 23.0. The summed E-state index contributed by atoms with van der Waals surface area (Å²) in [7, 11) is -2.20. The minimum atomic E-state index is -3.76.